The van der Waals surface area contributed by atoms with Gasteiger partial charge in [-0.2, -0.15) is 0 Å². The van der Waals surface area contributed by atoms with Gasteiger partial charge in [0.05, 0.1) is 6.04 Å². The molecule has 1 aromatic heterocycles. The summed E-state index contributed by atoms with van der Waals surface area (Å²) >= 11 is 0. The van der Waals surface area contributed by atoms with Gasteiger partial charge in [0.2, 0.25) is 0 Å². The zero-order chi connectivity index (χ0) is 15.0. The Hall–Kier alpha value is -2.23. The lowest BCUT2D eigenvalue weighted by atomic mass is 9.87. The Morgan fingerprint density at radius 3 is 2.86 bits per heavy atom. The lowest BCUT2D eigenvalue weighted by Crippen LogP contribution is -2.32. The number of aryl methyl sites for hydroxylation is 2. The molecule has 1 heterocycles. The van der Waals surface area contributed by atoms with E-state index in [4.69, 9.17) is 5.73 Å². The van der Waals surface area contributed by atoms with Crippen LogP contribution in [0.1, 0.15) is 46.2 Å². The summed E-state index contributed by atoms with van der Waals surface area (Å²) in [7, 11) is 1.92. The van der Waals surface area contributed by atoms with Crippen molar-refractivity contribution in [3.05, 3.63) is 52.8 Å². The predicted molar refractivity (Wildman–Crippen MR) is 84.1 cm³/mol. The van der Waals surface area contributed by atoms with Crippen molar-refractivity contribution in [2.75, 3.05) is 5.73 Å². The first kappa shape index (κ1) is 13.7. The highest BCUT2D eigenvalue weighted by Crippen LogP contribution is 2.31. The highest BCUT2D eigenvalue weighted by atomic mass is 16.2. The zero-order valence-electron chi connectivity index (χ0n) is 12.5. The molecule has 0 fully saturated rings. The lowest BCUT2D eigenvalue weighted by molar-refractivity contribution is 0.0924. The molecule has 0 spiro atoms. The first-order chi connectivity index (χ1) is 10.1. The van der Waals surface area contributed by atoms with Gasteiger partial charge in [-0.1, -0.05) is 6.07 Å². The molecule has 0 aliphatic heterocycles. The third-order valence-electron chi connectivity index (χ3n) is 4.39. The molecule has 0 saturated heterocycles. The number of nitrogen functional groups attached to an aromatic ring is 1. The van der Waals surface area contributed by atoms with Gasteiger partial charge in [0.1, 0.15) is 5.69 Å². The molecule has 110 valence electrons. The van der Waals surface area contributed by atoms with Crippen molar-refractivity contribution in [1.29, 1.82) is 0 Å². The van der Waals surface area contributed by atoms with Crippen LogP contribution >= 0.6 is 0 Å². The van der Waals surface area contributed by atoms with E-state index in [9.17, 15) is 4.79 Å². The molecule has 1 unspecified atom stereocenters. The van der Waals surface area contributed by atoms with Crippen molar-refractivity contribution in [3.8, 4) is 0 Å². The first-order valence-electron chi connectivity index (χ1n) is 7.38. The van der Waals surface area contributed by atoms with Gasteiger partial charge in [-0.05, 0) is 61.6 Å². The number of nitrogens with two attached hydrogens (primary N) is 1. The SMILES string of the molecule is Cc1ccc(C(=O)NC2CCCc3cc(N)ccc32)n1C. The van der Waals surface area contributed by atoms with Crippen LogP contribution in [0.25, 0.3) is 0 Å². The van der Waals surface area contributed by atoms with E-state index in [2.05, 4.69) is 5.32 Å². The maximum atomic E-state index is 12.5. The number of hydrogen-bond acceptors (Lipinski definition) is 2. The molecule has 1 aliphatic carbocycles. The molecule has 1 aromatic carbocycles. The molecule has 1 amide bonds. The van der Waals surface area contributed by atoms with E-state index in [-0.39, 0.29) is 11.9 Å². The van der Waals surface area contributed by atoms with Crippen LogP contribution in [0.3, 0.4) is 0 Å². The zero-order valence-corrected chi connectivity index (χ0v) is 12.5. The minimum Gasteiger partial charge on any atom is -0.399 e. The number of nitrogens with zero attached hydrogens (tertiary/aromatic N) is 1. The van der Waals surface area contributed by atoms with Gasteiger partial charge in [0, 0.05) is 18.4 Å². The summed E-state index contributed by atoms with van der Waals surface area (Å²) in [6, 6.07) is 9.90. The van der Waals surface area contributed by atoms with E-state index < -0.39 is 0 Å². The minimum atomic E-state index is -0.0136. The highest BCUT2D eigenvalue weighted by Gasteiger charge is 2.23. The van der Waals surface area contributed by atoms with Crippen molar-refractivity contribution in [1.82, 2.24) is 9.88 Å². The molecule has 0 radical (unpaired) electrons. The van der Waals surface area contributed by atoms with Crippen LogP contribution in [0.4, 0.5) is 5.69 Å². The van der Waals surface area contributed by atoms with Crippen molar-refractivity contribution >= 4 is 11.6 Å². The average molecular weight is 283 g/mol. The summed E-state index contributed by atoms with van der Waals surface area (Å²) in [6.07, 6.45) is 3.09. The standard InChI is InChI=1S/C17H21N3O/c1-11-6-9-16(20(11)2)17(21)19-15-5-3-4-12-10-13(18)7-8-14(12)15/h6-10,15H,3-5,18H2,1-2H3,(H,19,21). The Bertz CT molecular complexity index is 687. The summed E-state index contributed by atoms with van der Waals surface area (Å²) in [6.45, 7) is 2.00. The third kappa shape index (κ3) is 2.53. The van der Waals surface area contributed by atoms with Gasteiger partial charge in [-0.25, -0.2) is 0 Å². The molecule has 0 saturated carbocycles. The van der Waals surface area contributed by atoms with Gasteiger partial charge in [0.25, 0.3) is 5.91 Å². The topological polar surface area (TPSA) is 60.1 Å². The number of rotatable bonds is 2. The van der Waals surface area contributed by atoms with Crippen molar-refractivity contribution in [2.24, 2.45) is 7.05 Å². The van der Waals surface area contributed by atoms with Gasteiger partial charge in [-0.15, -0.1) is 0 Å². The number of carbonyl (C=O) groups is 1. The Morgan fingerprint density at radius 2 is 2.14 bits per heavy atom. The molecular weight excluding hydrogens is 262 g/mol. The Balaban J connectivity index is 1.83. The van der Waals surface area contributed by atoms with Gasteiger partial charge in [0.15, 0.2) is 0 Å². The van der Waals surface area contributed by atoms with Crippen LogP contribution in [-0.2, 0) is 13.5 Å². The summed E-state index contributed by atoms with van der Waals surface area (Å²) in [5.41, 5.74) is 10.9. The Morgan fingerprint density at radius 1 is 1.33 bits per heavy atom. The van der Waals surface area contributed by atoms with Crippen molar-refractivity contribution in [3.63, 3.8) is 0 Å². The maximum Gasteiger partial charge on any atom is 0.268 e. The van der Waals surface area contributed by atoms with E-state index in [1.165, 1.54) is 11.1 Å². The second-order valence-corrected chi connectivity index (χ2v) is 5.80. The highest BCUT2D eigenvalue weighted by molar-refractivity contribution is 5.93. The van der Waals surface area contributed by atoms with Crippen LogP contribution in [-0.4, -0.2) is 10.5 Å². The molecule has 4 nitrogen and oxygen atoms in total. The lowest BCUT2D eigenvalue weighted by Gasteiger charge is -2.26. The fraction of sp³-hybridized carbons (Fsp3) is 0.353. The Kier molecular flexibility index (Phi) is 3.45. The Labute approximate surface area is 125 Å². The number of fused-ring (bicyclic) bond motifs is 1. The van der Waals surface area contributed by atoms with E-state index >= 15 is 0 Å². The fourth-order valence-electron chi connectivity index (χ4n) is 3.06. The normalized spacial score (nSPS) is 17.3. The molecule has 1 atom stereocenters. The third-order valence-corrected chi connectivity index (χ3v) is 4.39. The number of anilines is 1. The van der Waals surface area contributed by atoms with Crippen LogP contribution in [0, 0.1) is 6.92 Å². The molecule has 21 heavy (non-hydrogen) atoms. The number of hydrogen-bond donors (Lipinski definition) is 2. The first-order valence-corrected chi connectivity index (χ1v) is 7.38. The molecule has 1 aliphatic rings. The molecule has 3 N–H and O–H groups in total. The second-order valence-electron chi connectivity index (χ2n) is 5.80. The van der Waals surface area contributed by atoms with Gasteiger partial charge in [-0.3, -0.25) is 4.79 Å². The predicted octanol–water partition coefficient (Wildman–Crippen LogP) is 2.72. The summed E-state index contributed by atoms with van der Waals surface area (Å²) < 4.78 is 1.92. The van der Waals surface area contributed by atoms with E-state index in [1.807, 2.05) is 48.9 Å². The molecule has 0 bridgehead atoms. The van der Waals surface area contributed by atoms with Crippen LogP contribution in [0.5, 0.6) is 0 Å². The molecule has 2 aromatic rings. The van der Waals surface area contributed by atoms with E-state index in [0.717, 1.165) is 30.6 Å². The van der Waals surface area contributed by atoms with Crippen molar-refractivity contribution < 1.29 is 4.79 Å². The second kappa shape index (κ2) is 5.28. The molecule has 3 rings (SSSR count). The summed E-state index contributed by atoms with van der Waals surface area (Å²) in [5.74, 6) is -0.0136. The monoisotopic (exact) mass is 283 g/mol. The smallest absolute Gasteiger partial charge is 0.268 e. The van der Waals surface area contributed by atoms with Gasteiger partial charge >= 0.3 is 0 Å². The largest absolute Gasteiger partial charge is 0.399 e. The number of carbonyl (C=O) groups excluding carboxylic acids is 1. The minimum absolute atomic E-state index is 0.0136. The number of benzene rings is 1. The fourth-order valence-corrected chi connectivity index (χ4v) is 3.06. The maximum absolute atomic E-state index is 12.5. The quantitative estimate of drug-likeness (QED) is 0.833. The van der Waals surface area contributed by atoms with Crippen LogP contribution in [0.15, 0.2) is 30.3 Å². The van der Waals surface area contributed by atoms with Crippen molar-refractivity contribution in [2.45, 2.75) is 32.2 Å². The summed E-state index contributed by atoms with van der Waals surface area (Å²) in [5, 5.41) is 3.16. The van der Waals surface area contributed by atoms with Crippen LogP contribution in [0.2, 0.25) is 0 Å². The van der Waals surface area contributed by atoms with Gasteiger partial charge < -0.3 is 15.6 Å². The average Bonchev–Trinajstić information content (AvgIpc) is 2.79. The number of aromatic nitrogens is 1. The molecular formula is C17H21N3O. The summed E-state index contributed by atoms with van der Waals surface area (Å²) in [4.78, 5) is 12.5. The number of nitrogens with one attached hydrogen (secondary N) is 1. The molecule has 4 heteroatoms. The van der Waals surface area contributed by atoms with E-state index in [1.54, 1.807) is 0 Å². The van der Waals surface area contributed by atoms with E-state index in [0.29, 0.717) is 5.69 Å². The number of amides is 1. The van der Waals surface area contributed by atoms with Crippen LogP contribution < -0.4 is 11.1 Å².